The molecule has 1 aliphatic rings. The zero-order valence-corrected chi connectivity index (χ0v) is 13.5. The summed E-state index contributed by atoms with van der Waals surface area (Å²) in [6, 6.07) is 4.65. The summed E-state index contributed by atoms with van der Waals surface area (Å²) in [5.74, 6) is -3.51. The van der Waals surface area contributed by atoms with E-state index in [1.54, 1.807) is 6.07 Å². The molecule has 0 aliphatic carbocycles. The van der Waals surface area contributed by atoms with Crippen LogP contribution in [0.2, 0.25) is 5.15 Å². The molecule has 1 amide bonds. The number of fused-ring (bicyclic) bond motifs is 1. The van der Waals surface area contributed by atoms with Crippen LogP contribution in [0.4, 0.5) is 20.3 Å². The van der Waals surface area contributed by atoms with Crippen molar-refractivity contribution in [1.82, 2.24) is 9.97 Å². The summed E-state index contributed by atoms with van der Waals surface area (Å²) >= 11 is 6.66. The van der Waals surface area contributed by atoms with Gasteiger partial charge in [-0.2, -0.15) is 8.78 Å². The second-order valence-electron chi connectivity index (χ2n) is 4.95. The first-order chi connectivity index (χ1) is 10.8. The zero-order valence-electron chi connectivity index (χ0n) is 11.9. The first-order valence-corrected chi connectivity index (χ1v) is 7.74. The Balaban J connectivity index is 2.07. The number of nitrogens with two attached hydrogens (primary N) is 1. The number of benzene rings is 1. The van der Waals surface area contributed by atoms with Crippen LogP contribution in [-0.4, -0.2) is 22.4 Å². The van der Waals surface area contributed by atoms with Crippen molar-refractivity contribution in [3.8, 4) is 0 Å². The molecule has 1 aliphatic heterocycles. The third-order valence-electron chi connectivity index (χ3n) is 3.34. The van der Waals surface area contributed by atoms with Crippen molar-refractivity contribution < 1.29 is 13.6 Å². The van der Waals surface area contributed by atoms with E-state index in [4.69, 9.17) is 17.3 Å². The van der Waals surface area contributed by atoms with Gasteiger partial charge in [0.05, 0.1) is 24.0 Å². The average Bonchev–Trinajstić information content (AvgIpc) is 2.75. The summed E-state index contributed by atoms with van der Waals surface area (Å²) in [7, 11) is 0. The van der Waals surface area contributed by atoms with Crippen molar-refractivity contribution in [2.75, 3.05) is 17.2 Å². The maximum atomic E-state index is 14.4. The molecule has 0 fully saturated rings. The maximum Gasteiger partial charge on any atom is 0.293 e. The number of carbonyl (C=O) groups is 1. The molecule has 0 spiro atoms. The van der Waals surface area contributed by atoms with Gasteiger partial charge in [0, 0.05) is 11.8 Å². The number of alkyl halides is 2. The molecule has 9 heteroatoms. The molecule has 5 nitrogen and oxygen atoms in total. The van der Waals surface area contributed by atoms with E-state index in [2.05, 4.69) is 9.97 Å². The SMILES string of the molecule is CC(=O)N1CC(F)(F)c2c(Sc3ncc(Cl)nc3N)cccc21. The molecule has 1 aromatic heterocycles. The summed E-state index contributed by atoms with van der Waals surface area (Å²) < 4.78 is 28.8. The summed E-state index contributed by atoms with van der Waals surface area (Å²) in [4.78, 5) is 20.8. The van der Waals surface area contributed by atoms with Gasteiger partial charge in [-0.15, -0.1) is 0 Å². The van der Waals surface area contributed by atoms with Crippen LogP contribution < -0.4 is 10.6 Å². The van der Waals surface area contributed by atoms with E-state index in [-0.39, 0.29) is 32.1 Å². The first-order valence-electron chi connectivity index (χ1n) is 6.55. The van der Waals surface area contributed by atoms with Crippen LogP contribution in [0, 0.1) is 0 Å². The van der Waals surface area contributed by atoms with Gasteiger partial charge in [0.2, 0.25) is 5.91 Å². The number of nitrogens with zero attached hydrogens (tertiary/aromatic N) is 3. The Bertz CT molecular complexity index is 802. The predicted molar refractivity (Wildman–Crippen MR) is 83.9 cm³/mol. The van der Waals surface area contributed by atoms with Crippen LogP contribution in [-0.2, 0) is 10.7 Å². The Morgan fingerprint density at radius 2 is 2.22 bits per heavy atom. The number of carbonyl (C=O) groups excluding carboxylic acids is 1. The number of amides is 1. The molecule has 0 unspecified atom stereocenters. The van der Waals surface area contributed by atoms with E-state index in [0.717, 1.165) is 16.7 Å². The van der Waals surface area contributed by atoms with Gasteiger partial charge in [-0.25, -0.2) is 9.97 Å². The fourth-order valence-corrected chi connectivity index (χ4v) is 3.50. The summed E-state index contributed by atoms with van der Waals surface area (Å²) in [5.41, 5.74) is 5.73. The lowest BCUT2D eigenvalue weighted by Gasteiger charge is -2.14. The van der Waals surface area contributed by atoms with Crippen LogP contribution in [0.1, 0.15) is 12.5 Å². The monoisotopic (exact) mass is 356 g/mol. The van der Waals surface area contributed by atoms with E-state index in [9.17, 15) is 13.6 Å². The minimum atomic E-state index is -3.14. The second kappa shape index (κ2) is 5.61. The van der Waals surface area contributed by atoms with E-state index < -0.39 is 18.4 Å². The minimum absolute atomic E-state index is 0.0600. The van der Waals surface area contributed by atoms with Gasteiger partial charge in [-0.3, -0.25) is 4.79 Å². The number of hydrogen-bond donors (Lipinski definition) is 1. The molecule has 0 bridgehead atoms. The lowest BCUT2D eigenvalue weighted by atomic mass is 10.1. The first kappa shape index (κ1) is 15.9. The van der Waals surface area contributed by atoms with Crippen molar-refractivity contribution in [2.45, 2.75) is 22.8 Å². The van der Waals surface area contributed by atoms with Crippen LogP contribution in [0.3, 0.4) is 0 Å². The third-order valence-corrected chi connectivity index (χ3v) is 4.59. The highest BCUT2D eigenvalue weighted by Gasteiger charge is 2.47. The number of aromatic nitrogens is 2. The molecule has 2 aromatic rings. The number of rotatable bonds is 2. The number of anilines is 2. The number of nitrogen functional groups attached to an aromatic ring is 1. The molecule has 0 saturated heterocycles. The van der Waals surface area contributed by atoms with Crippen molar-refractivity contribution in [1.29, 1.82) is 0 Å². The molecule has 1 aromatic carbocycles. The van der Waals surface area contributed by atoms with Crippen LogP contribution in [0.15, 0.2) is 34.3 Å². The maximum absolute atomic E-state index is 14.4. The molecule has 0 atom stereocenters. The average molecular weight is 357 g/mol. The Morgan fingerprint density at radius 3 is 2.87 bits per heavy atom. The topological polar surface area (TPSA) is 72.1 Å². The molecule has 0 radical (unpaired) electrons. The van der Waals surface area contributed by atoms with Gasteiger partial charge < -0.3 is 10.6 Å². The van der Waals surface area contributed by atoms with Gasteiger partial charge in [0.15, 0.2) is 5.82 Å². The largest absolute Gasteiger partial charge is 0.381 e. The van der Waals surface area contributed by atoms with Crippen molar-refractivity contribution >= 4 is 40.8 Å². The highest BCUT2D eigenvalue weighted by Crippen LogP contribution is 2.49. The lowest BCUT2D eigenvalue weighted by molar-refractivity contribution is -0.117. The van der Waals surface area contributed by atoms with E-state index >= 15 is 0 Å². The smallest absolute Gasteiger partial charge is 0.293 e. The molecule has 23 heavy (non-hydrogen) atoms. The van der Waals surface area contributed by atoms with Gasteiger partial charge in [0.1, 0.15) is 10.2 Å². The van der Waals surface area contributed by atoms with Gasteiger partial charge in [-0.05, 0) is 12.1 Å². The molecular formula is C14H11ClF2N4OS. The summed E-state index contributed by atoms with van der Waals surface area (Å²) in [6.45, 7) is 0.588. The fourth-order valence-electron chi connectivity index (χ4n) is 2.39. The molecule has 120 valence electrons. The zero-order chi connectivity index (χ0) is 16.8. The molecule has 0 saturated carbocycles. The summed E-state index contributed by atoms with van der Waals surface area (Å²) in [5, 5.41) is 0.401. The molecule has 2 N–H and O–H groups in total. The Morgan fingerprint density at radius 1 is 1.48 bits per heavy atom. The lowest BCUT2D eigenvalue weighted by Crippen LogP contribution is -2.30. The Labute approximate surface area is 139 Å². The van der Waals surface area contributed by atoms with Crippen molar-refractivity contribution in [3.63, 3.8) is 0 Å². The quantitative estimate of drug-likeness (QED) is 0.893. The van der Waals surface area contributed by atoms with Gasteiger partial charge in [-0.1, -0.05) is 29.4 Å². The van der Waals surface area contributed by atoms with Gasteiger partial charge >= 0.3 is 0 Å². The van der Waals surface area contributed by atoms with Crippen molar-refractivity contribution in [2.24, 2.45) is 0 Å². The van der Waals surface area contributed by atoms with Crippen LogP contribution >= 0.6 is 23.4 Å². The van der Waals surface area contributed by atoms with Crippen LogP contribution in [0.5, 0.6) is 0 Å². The second-order valence-corrected chi connectivity index (χ2v) is 6.36. The molecular weight excluding hydrogens is 346 g/mol. The predicted octanol–water partition coefficient (Wildman–Crippen LogP) is 3.32. The molecule has 2 heterocycles. The molecule has 3 rings (SSSR count). The Kier molecular flexibility index (Phi) is 3.89. The third kappa shape index (κ3) is 2.84. The highest BCUT2D eigenvalue weighted by molar-refractivity contribution is 7.99. The van der Waals surface area contributed by atoms with Crippen LogP contribution in [0.25, 0.3) is 0 Å². The van der Waals surface area contributed by atoms with E-state index in [1.807, 2.05) is 0 Å². The highest BCUT2D eigenvalue weighted by atomic mass is 35.5. The van der Waals surface area contributed by atoms with Gasteiger partial charge in [0.25, 0.3) is 5.92 Å². The van der Waals surface area contributed by atoms with E-state index in [1.165, 1.54) is 25.3 Å². The Hall–Kier alpha value is -1.93. The minimum Gasteiger partial charge on any atom is -0.381 e. The number of halogens is 3. The summed E-state index contributed by atoms with van der Waals surface area (Å²) in [6.07, 6.45) is 1.30. The fraction of sp³-hybridized carbons (Fsp3) is 0.214. The van der Waals surface area contributed by atoms with Crippen molar-refractivity contribution in [3.05, 3.63) is 35.1 Å². The standard InChI is InChI=1S/C14H11ClF2N4OS/c1-7(22)21-6-14(16,17)11-8(21)3-2-4-9(11)23-13-12(18)20-10(15)5-19-13/h2-5H,6H2,1H3,(H2,18,20). The number of hydrogen-bond acceptors (Lipinski definition) is 5. The normalized spacial score (nSPS) is 15.6. The van der Waals surface area contributed by atoms with E-state index in [0.29, 0.717) is 0 Å².